The Bertz CT molecular complexity index is 850. The molecule has 0 bridgehead atoms. The smallest absolute Gasteiger partial charge is 0.251 e. The highest BCUT2D eigenvalue weighted by Gasteiger charge is 2.36. The van der Waals surface area contributed by atoms with Gasteiger partial charge in [-0.25, -0.2) is 0 Å². The first-order valence-corrected chi connectivity index (χ1v) is 9.96. The minimum absolute atomic E-state index is 0.0146. The lowest BCUT2D eigenvalue weighted by molar-refractivity contribution is -0.933. The van der Waals surface area contributed by atoms with Crippen LogP contribution in [0.3, 0.4) is 0 Å². The molecule has 0 fully saturated rings. The van der Waals surface area contributed by atoms with Crippen LogP contribution >= 0.6 is 0 Å². The number of benzene rings is 2. The molecule has 150 valence electrons. The number of amides is 1. The number of ether oxygens (including phenoxy) is 2. The third-order valence-corrected chi connectivity index (χ3v) is 5.84. The molecule has 2 aromatic rings. The van der Waals surface area contributed by atoms with Crippen LogP contribution in [0, 0.1) is 6.92 Å². The van der Waals surface area contributed by atoms with E-state index in [0.717, 1.165) is 42.1 Å². The summed E-state index contributed by atoms with van der Waals surface area (Å²) in [6.45, 7) is 8.31. The third-order valence-electron chi connectivity index (χ3n) is 5.84. The van der Waals surface area contributed by atoms with Crippen molar-refractivity contribution >= 4 is 5.91 Å². The molecule has 1 amide bonds. The van der Waals surface area contributed by atoms with Crippen molar-refractivity contribution in [3.05, 3.63) is 58.7 Å². The van der Waals surface area contributed by atoms with Gasteiger partial charge in [0.05, 0.1) is 33.4 Å². The zero-order chi connectivity index (χ0) is 20.3. The van der Waals surface area contributed by atoms with Crippen molar-refractivity contribution in [1.29, 1.82) is 0 Å². The number of hydrogen-bond donors (Lipinski definition) is 2. The number of quaternary nitrogens is 1. The second-order valence-electron chi connectivity index (χ2n) is 7.47. The molecule has 1 aliphatic rings. The maximum Gasteiger partial charge on any atom is 0.251 e. The third kappa shape index (κ3) is 3.85. The lowest BCUT2D eigenvalue weighted by Crippen LogP contribution is -3.14. The maximum absolute atomic E-state index is 12.9. The molecular weight excluding hydrogens is 352 g/mol. The molecule has 0 aromatic heterocycles. The van der Waals surface area contributed by atoms with Gasteiger partial charge in [0.25, 0.3) is 5.91 Å². The Balaban J connectivity index is 1.93. The van der Waals surface area contributed by atoms with E-state index in [1.165, 1.54) is 16.0 Å². The average molecular weight is 384 g/mol. The van der Waals surface area contributed by atoms with Gasteiger partial charge in [0, 0.05) is 17.5 Å². The Morgan fingerprint density at radius 3 is 2.54 bits per heavy atom. The zero-order valence-corrected chi connectivity index (χ0v) is 17.5. The van der Waals surface area contributed by atoms with Crippen LogP contribution in [0.4, 0.5) is 0 Å². The molecule has 0 spiro atoms. The number of aryl methyl sites for hydroxylation is 1. The first kappa shape index (κ1) is 20.2. The van der Waals surface area contributed by atoms with E-state index in [9.17, 15) is 4.79 Å². The molecule has 0 saturated carbocycles. The Morgan fingerprint density at radius 1 is 1.21 bits per heavy atom. The maximum atomic E-state index is 12.9. The van der Waals surface area contributed by atoms with Gasteiger partial charge < -0.3 is 19.7 Å². The Kier molecular flexibility index (Phi) is 6.25. The van der Waals surface area contributed by atoms with Gasteiger partial charge in [0.15, 0.2) is 11.5 Å². The fraction of sp³-hybridized carbons (Fsp3) is 0.435. The van der Waals surface area contributed by atoms with Crippen LogP contribution in [0.2, 0.25) is 0 Å². The first-order chi connectivity index (χ1) is 13.5. The predicted octanol–water partition coefficient (Wildman–Crippen LogP) is 2.33. The number of fused-ring (bicyclic) bond motifs is 1. The van der Waals surface area contributed by atoms with Gasteiger partial charge in [-0.2, -0.15) is 0 Å². The lowest BCUT2D eigenvalue weighted by Gasteiger charge is -2.37. The van der Waals surface area contributed by atoms with Crippen molar-refractivity contribution in [3.8, 4) is 11.5 Å². The van der Waals surface area contributed by atoms with Gasteiger partial charge in [-0.1, -0.05) is 18.2 Å². The van der Waals surface area contributed by atoms with Gasteiger partial charge >= 0.3 is 0 Å². The van der Waals surface area contributed by atoms with E-state index in [1.807, 2.05) is 31.2 Å². The molecule has 1 aliphatic heterocycles. The van der Waals surface area contributed by atoms with Crippen molar-refractivity contribution in [2.24, 2.45) is 0 Å². The van der Waals surface area contributed by atoms with Crippen LogP contribution in [0.5, 0.6) is 11.5 Å². The molecule has 5 nitrogen and oxygen atoms in total. The monoisotopic (exact) mass is 383 g/mol. The number of methoxy groups -OCH3 is 2. The predicted molar refractivity (Wildman–Crippen MR) is 110 cm³/mol. The molecule has 5 heteroatoms. The first-order valence-electron chi connectivity index (χ1n) is 9.96. The van der Waals surface area contributed by atoms with Crippen LogP contribution in [0.1, 0.15) is 46.9 Å². The molecule has 2 N–H and O–H groups in total. The van der Waals surface area contributed by atoms with Crippen LogP contribution in [0.25, 0.3) is 0 Å². The van der Waals surface area contributed by atoms with Crippen LogP contribution < -0.4 is 19.7 Å². The summed E-state index contributed by atoms with van der Waals surface area (Å²) in [5.74, 6) is 1.48. The van der Waals surface area contributed by atoms with Crippen molar-refractivity contribution in [3.63, 3.8) is 0 Å². The van der Waals surface area contributed by atoms with Gasteiger partial charge in [0.2, 0.25) is 0 Å². The minimum atomic E-state index is -0.0198. The number of rotatable bonds is 6. The lowest BCUT2D eigenvalue weighted by atomic mass is 9.88. The average Bonchev–Trinajstić information content (AvgIpc) is 2.71. The van der Waals surface area contributed by atoms with Crippen LogP contribution in [-0.4, -0.2) is 39.3 Å². The van der Waals surface area contributed by atoms with E-state index >= 15 is 0 Å². The summed E-state index contributed by atoms with van der Waals surface area (Å²) in [6.07, 6.45) is 0.994. The highest BCUT2D eigenvalue weighted by atomic mass is 16.5. The molecule has 3 rings (SSSR count). The molecular formula is C23H31N2O3+. The summed E-state index contributed by atoms with van der Waals surface area (Å²) in [6, 6.07) is 12.0. The van der Waals surface area contributed by atoms with Crippen LogP contribution in [0.15, 0.2) is 36.4 Å². The Labute approximate surface area is 167 Å². The highest BCUT2D eigenvalue weighted by Crippen LogP contribution is 2.35. The Morgan fingerprint density at radius 2 is 1.89 bits per heavy atom. The summed E-state index contributed by atoms with van der Waals surface area (Å²) >= 11 is 0. The van der Waals surface area contributed by atoms with Crippen molar-refractivity contribution < 1.29 is 19.2 Å². The van der Waals surface area contributed by atoms with E-state index in [-0.39, 0.29) is 18.0 Å². The molecule has 2 aromatic carbocycles. The molecule has 28 heavy (non-hydrogen) atoms. The highest BCUT2D eigenvalue weighted by molar-refractivity contribution is 5.95. The minimum Gasteiger partial charge on any atom is -0.493 e. The van der Waals surface area contributed by atoms with Gasteiger partial charge in [-0.15, -0.1) is 0 Å². The van der Waals surface area contributed by atoms with Crippen molar-refractivity contribution in [1.82, 2.24) is 5.32 Å². The van der Waals surface area contributed by atoms with Crippen molar-refractivity contribution in [2.75, 3.05) is 27.3 Å². The quantitative estimate of drug-likeness (QED) is 0.805. The van der Waals surface area contributed by atoms with E-state index < -0.39 is 0 Å². The number of nitrogens with one attached hydrogen (secondary N) is 2. The second-order valence-corrected chi connectivity index (χ2v) is 7.47. The molecule has 1 heterocycles. The largest absolute Gasteiger partial charge is 0.493 e. The fourth-order valence-electron chi connectivity index (χ4n) is 4.33. The number of likely N-dealkylation sites (N-methyl/N-ethyl adjacent to an activating group) is 1. The summed E-state index contributed by atoms with van der Waals surface area (Å²) in [5, 5.41) is 3.25. The van der Waals surface area contributed by atoms with Gasteiger partial charge in [-0.05, 0) is 50.1 Å². The molecule has 0 saturated heterocycles. The number of carbonyl (C=O) groups is 1. The molecule has 0 radical (unpaired) electrons. The fourth-order valence-corrected chi connectivity index (χ4v) is 4.33. The summed E-state index contributed by atoms with van der Waals surface area (Å²) in [5.41, 5.74) is 4.23. The van der Waals surface area contributed by atoms with Gasteiger partial charge in [-0.3, -0.25) is 4.79 Å². The SMILES string of the molecule is CC[NH+]1CCc2cc(OC)c(OC)cc2[C@H]1[C@@H](C)NC(=O)c1ccccc1C. The topological polar surface area (TPSA) is 52.0 Å². The number of hydrogen-bond acceptors (Lipinski definition) is 3. The summed E-state index contributed by atoms with van der Waals surface area (Å²) in [4.78, 5) is 14.4. The number of carbonyl (C=O) groups excluding carboxylic acids is 1. The van der Waals surface area contributed by atoms with E-state index in [1.54, 1.807) is 14.2 Å². The molecule has 3 atom stereocenters. The van der Waals surface area contributed by atoms with Crippen molar-refractivity contribution in [2.45, 2.75) is 39.3 Å². The summed E-state index contributed by atoms with van der Waals surface area (Å²) in [7, 11) is 3.33. The zero-order valence-electron chi connectivity index (χ0n) is 17.5. The normalized spacial score (nSPS) is 19.5. The van der Waals surface area contributed by atoms with E-state index in [0.29, 0.717) is 0 Å². The standard InChI is InChI=1S/C23H30N2O3/c1-6-25-12-11-17-13-20(27-4)21(28-5)14-19(17)22(25)16(3)24-23(26)18-10-8-7-9-15(18)2/h7-10,13-14,16,22H,6,11-12H2,1-5H3,(H,24,26)/p+1/t16-,22-/m1/s1. The van der Waals surface area contributed by atoms with E-state index in [4.69, 9.17) is 9.47 Å². The summed E-state index contributed by atoms with van der Waals surface area (Å²) < 4.78 is 11.0. The Hall–Kier alpha value is -2.53. The molecule has 1 unspecified atom stereocenters. The second kappa shape index (κ2) is 8.65. The van der Waals surface area contributed by atoms with E-state index in [2.05, 4.69) is 31.3 Å². The molecule has 0 aliphatic carbocycles. The van der Waals surface area contributed by atoms with Gasteiger partial charge in [0.1, 0.15) is 6.04 Å². The van der Waals surface area contributed by atoms with Crippen LogP contribution in [-0.2, 0) is 6.42 Å².